The molecule has 2 aromatic carbocycles. The standard InChI is InChI=1S/C22H24N2O4/c1-15(2)14-28-22(27)16-8-10-18(11-9-16)23-21(26)17-12-20(25)24(13-17)19-6-4-3-5-7-19/h3-11,15,17H,12-14H2,1-2H3,(H,23,26)/t17-/m0/s1. The molecule has 1 fully saturated rings. The predicted molar refractivity (Wildman–Crippen MR) is 107 cm³/mol. The van der Waals surface area contributed by atoms with Gasteiger partial charge in [-0.2, -0.15) is 0 Å². The van der Waals surface area contributed by atoms with Gasteiger partial charge in [-0.05, 0) is 42.3 Å². The van der Waals surface area contributed by atoms with Crippen molar-refractivity contribution < 1.29 is 19.1 Å². The van der Waals surface area contributed by atoms with E-state index in [-0.39, 0.29) is 30.1 Å². The Labute approximate surface area is 164 Å². The van der Waals surface area contributed by atoms with Gasteiger partial charge in [-0.3, -0.25) is 9.59 Å². The van der Waals surface area contributed by atoms with Crippen LogP contribution >= 0.6 is 0 Å². The number of nitrogens with one attached hydrogen (secondary N) is 1. The van der Waals surface area contributed by atoms with Crippen molar-refractivity contribution in [3.63, 3.8) is 0 Å². The van der Waals surface area contributed by atoms with Crippen molar-refractivity contribution in [2.24, 2.45) is 11.8 Å². The molecule has 1 saturated heterocycles. The van der Waals surface area contributed by atoms with Crippen molar-refractivity contribution in [2.45, 2.75) is 20.3 Å². The molecular weight excluding hydrogens is 356 g/mol. The van der Waals surface area contributed by atoms with Gasteiger partial charge in [-0.25, -0.2) is 4.79 Å². The number of rotatable bonds is 6. The molecule has 6 nitrogen and oxygen atoms in total. The minimum atomic E-state index is -0.414. The van der Waals surface area contributed by atoms with Gasteiger partial charge in [0.25, 0.3) is 0 Å². The van der Waals surface area contributed by atoms with Crippen LogP contribution < -0.4 is 10.2 Å². The van der Waals surface area contributed by atoms with E-state index in [2.05, 4.69) is 5.32 Å². The second-order valence-corrected chi connectivity index (χ2v) is 7.30. The van der Waals surface area contributed by atoms with Crippen LogP contribution in [0.25, 0.3) is 0 Å². The van der Waals surface area contributed by atoms with Crippen LogP contribution in [0.4, 0.5) is 11.4 Å². The van der Waals surface area contributed by atoms with Gasteiger partial charge in [0.05, 0.1) is 18.1 Å². The number of amides is 2. The molecule has 2 aromatic rings. The van der Waals surface area contributed by atoms with Crippen molar-refractivity contribution in [2.75, 3.05) is 23.4 Å². The van der Waals surface area contributed by atoms with E-state index >= 15 is 0 Å². The summed E-state index contributed by atoms with van der Waals surface area (Å²) >= 11 is 0. The largest absolute Gasteiger partial charge is 0.462 e. The zero-order valence-corrected chi connectivity index (χ0v) is 16.1. The molecule has 146 valence electrons. The number of esters is 1. The first-order valence-corrected chi connectivity index (χ1v) is 9.37. The summed E-state index contributed by atoms with van der Waals surface area (Å²) < 4.78 is 5.19. The van der Waals surface area contributed by atoms with Gasteiger partial charge in [-0.15, -0.1) is 0 Å². The normalized spacial score (nSPS) is 16.3. The summed E-state index contributed by atoms with van der Waals surface area (Å²) in [5.74, 6) is -0.793. The van der Waals surface area contributed by atoms with E-state index in [0.29, 0.717) is 24.4 Å². The average molecular weight is 380 g/mol. The van der Waals surface area contributed by atoms with Crippen LogP contribution in [-0.4, -0.2) is 30.9 Å². The highest BCUT2D eigenvalue weighted by atomic mass is 16.5. The van der Waals surface area contributed by atoms with Crippen LogP contribution in [0.5, 0.6) is 0 Å². The number of hydrogen-bond donors (Lipinski definition) is 1. The molecule has 1 atom stereocenters. The maximum atomic E-state index is 12.6. The van der Waals surface area contributed by atoms with Gasteiger partial charge in [0.15, 0.2) is 0 Å². The molecule has 6 heteroatoms. The fourth-order valence-corrected chi connectivity index (χ4v) is 3.00. The first kappa shape index (κ1) is 19.6. The Morgan fingerprint density at radius 3 is 2.43 bits per heavy atom. The summed E-state index contributed by atoms with van der Waals surface area (Å²) in [5.41, 5.74) is 1.81. The van der Waals surface area contributed by atoms with Crippen LogP contribution in [0.15, 0.2) is 54.6 Å². The van der Waals surface area contributed by atoms with Crippen molar-refractivity contribution in [3.8, 4) is 0 Å². The van der Waals surface area contributed by atoms with Crippen molar-refractivity contribution in [1.29, 1.82) is 0 Å². The highest BCUT2D eigenvalue weighted by molar-refractivity contribution is 6.03. The summed E-state index contributed by atoms with van der Waals surface area (Å²) in [7, 11) is 0. The molecule has 0 aromatic heterocycles. The zero-order valence-electron chi connectivity index (χ0n) is 16.1. The second kappa shape index (κ2) is 8.69. The third kappa shape index (κ3) is 4.76. The van der Waals surface area contributed by atoms with Gasteiger partial charge in [-0.1, -0.05) is 32.0 Å². The molecule has 3 rings (SSSR count). The van der Waals surface area contributed by atoms with E-state index in [1.54, 1.807) is 29.2 Å². The summed E-state index contributed by atoms with van der Waals surface area (Å²) in [6, 6.07) is 15.9. The van der Waals surface area contributed by atoms with E-state index in [0.717, 1.165) is 5.69 Å². The Morgan fingerprint density at radius 2 is 1.79 bits per heavy atom. The molecule has 1 N–H and O–H groups in total. The minimum absolute atomic E-state index is 0.0606. The predicted octanol–water partition coefficient (Wildman–Crippen LogP) is 3.49. The SMILES string of the molecule is CC(C)COC(=O)c1ccc(NC(=O)[C@H]2CC(=O)N(c3ccccc3)C2)cc1. The second-order valence-electron chi connectivity index (χ2n) is 7.30. The lowest BCUT2D eigenvalue weighted by Gasteiger charge is -2.16. The Morgan fingerprint density at radius 1 is 1.11 bits per heavy atom. The molecule has 28 heavy (non-hydrogen) atoms. The Kier molecular flexibility index (Phi) is 6.09. The topological polar surface area (TPSA) is 75.7 Å². The third-order valence-corrected chi connectivity index (χ3v) is 4.50. The molecule has 2 amide bonds. The molecule has 1 heterocycles. The van der Waals surface area contributed by atoms with Crippen molar-refractivity contribution >= 4 is 29.2 Å². The summed E-state index contributed by atoms with van der Waals surface area (Å²) in [6.45, 7) is 4.66. The first-order chi connectivity index (χ1) is 13.4. The van der Waals surface area contributed by atoms with E-state index in [9.17, 15) is 14.4 Å². The first-order valence-electron chi connectivity index (χ1n) is 9.37. The van der Waals surface area contributed by atoms with Crippen LogP contribution in [0, 0.1) is 11.8 Å². The highest BCUT2D eigenvalue weighted by Crippen LogP contribution is 2.25. The maximum absolute atomic E-state index is 12.6. The molecule has 0 bridgehead atoms. The van der Waals surface area contributed by atoms with Gasteiger partial charge >= 0.3 is 5.97 Å². The number of carbonyl (C=O) groups excluding carboxylic acids is 3. The highest BCUT2D eigenvalue weighted by Gasteiger charge is 2.35. The molecular formula is C22H24N2O4. The lowest BCUT2D eigenvalue weighted by Crippen LogP contribution is -2.28. The molecule has 0 unspecified atom stereocenters. The quantitative estimate of drug-likeness (QED) is 0.779. The van der Waals surface area contributed by atoms with Crippen molar-refractivity contribution in [3.05, 3.63) is 60.2 Å². The summed E-state index contributed by atoms with van der Waals surface area (Å²) in [5, 5.41) is 2.82. The number of carbonyl (C=O) groups is 3. The molecule has 1 aliphatic rings. The van der Waals surface area contributed by atoms with Crippen LogP contribution in [0.3, 0.4) is 0 Å². The summed E-state index contributed by atoms with van der Waals surface area (Å²) in [4.78, 5) is 38.4. The fourth-order valence-electron chi connectivity index (χ4n) is 3.00. The van der Waals surface area contributed by atoms with Gasteiger partial charge in [0, 0.05) is 24.3 Å². The fraction of sp³-hybridized carbons (Fsp3) is 0.318. The van der Waals surface area contributed by atoms with Gasteiger partial charge in [0.2, 0.25) is 11.8 Å². The number of ether oxygens (including phenoxy) is 1. The number of benzene rings is 2. The molecule has 0 aliphatic carbocycles. The number of para-hydroxylation sites is 1. The monoisotopic (exact) mass is 380 g/mol. The van der Waals surface area contributed by atoms with E-state index < -0.39 is 5.92 Å². The number of anilines is 2. The Hall–Kier alpha value is -3.15. The van der Waals surface area contributed by atoms with Crippen LogP contribution in [0.1, 0.15) is 30.6 Å². The van der Waals surface area contributed by atoms with E-state index in [1.807, 2.05) is 44.2 Å². The van der Waals surface area contributed by atoms with Crippen LogP contribution in [-0.2, 0) is 14.3 Å². The molecule has 0 saturated carbocycles. The number of nitrogens with zero attached hydrogens (tertiary/aromatic N) is 1. The van der Waals surface area contributed by atoms with E-state index in [1.165, 1.54) is 0 Å². The van der Waals surface area contributed by atoms with E-state index in [4.69, 9.17) is 4.74 Å². The Balaban J connectivity index is 1.58. The lowest BCUT2D eigenvalue weighted by atomic mass is 10.1. The molecule has 0 spiro atoms. The van der Waals surface area contributed by atoms with Crippen LogP contribution in [0.2, 0.25) is 0 Å². The smallest absolute Gasteiger partial charge is 0.338 e. The zero-order chi connectivity index (χ0) is 20.1. The molecule has 1 aliphatic heterocycles. The maximum Gasteiger partial charge on any atom is 0.338 e. The van der Waals surface area contributed by atoms with Crippen molar-refractivity contribution in [1.82, 2.24) is 0 Å². The average Bonchev–Trinajstić information content (AvgIpc) is 3.09. The molecule has 0 radical (unpaired) electrons. The summed E-state index contributed by atoms with van der Waals surface area (Å²) in [6.07, 6.45) is 0.181. The third-order valence-electron chi connectivity index (χ3n) is 4.50. The Bertz CT molecular complexity index is 847. The lowest BCUT2D eigenvalue weighted by molar-refractivity contribution is -0.122. The van der Waals surface area contributed by atoms with Gasteiger partial charge in [0.1, 0.15) is 0 Å². The van der Waals surface area contributed by atoms with Gasteiger partial charge < -0.3 is 15.0 Å². The number of hydrogen-bond acceptors (Lipinski definition) is 4. The minimum Gasteiger partial charge on any atom is -0.462 e.